The third kappa shape index (κ3) is 7.12. The molecule has 3 aromatic carbocycles. The Morgan fingerprint density at radius 3 is 2.05 bits per heavy atom. The van der Waals surface area contributed by atoms with Gasteiger partial charge in [-0.15, -0.1) is 0 Å². The van der Waals surface area contributed by atoms with Crippen molar-refractivity contribution in [1.82, 2.24) is 9.62 Å². The van der Waals surface area contributed by atoms with E-state index in [1.807, 2.05) is 6.92 Å². The summed E-state index contributed by atoms with van der Waals surface area (Å²) in [6.07, 6.45) is 1.73. The number of ether oxygens (including phenoxy) is 2. The van der Waals surface area contributed by atoms with Gasteiger partial charge in [0.15, 0.2) is 0 Å². The summed E-state index contributed by atoms with van der Waals surface area (Å²) in [5.41, 5.74) is 0.322. The van der Waals surface area contributed by atoms with Crippen molar-refractivity contribution in [1.29, 1.82) is 0 Å². The number of hydrogen-bond donors (Lipinski definition) is 1. The van der Waals surface area contributed by atoms with E-state index in [0.717, 1.165) is 17.1 Å². The number of anilines is 1. The predicted molar refractivity (Wildman–Crippen MR) is 152 cm³/mol. The fourth-order valence-electron chi connectivity index (χ4n) is 4.24. The van der Waals surface area contributed by atoms with Crippen molar-refractivity contribution in [2.45, 2.75) is 29.6 Å². The Balaban J connectivity index is 1.36. The second-order valence-electron chi connectivity index (χ2n) is 9.03. The second kappa shape index (κ2) is 13.2. The standard InChI is InChI=1S/C28H33N3O7S2/c1-2-37-24-12-10-23(11-13-24)31(40(35,36)26-8-4-3-5-9-26)22-28(32)29-18-21-38-25-14-16-27(17-15-25)39(33,34)30-19-6-7-20-30/h3-5,8-17H,2,6-7,18-22H2,1H3,(H,29,32). The summed E-state index contributed by atoms with van der Waals surface area (Å²) in [5, 5.41) is 2.68. The highest BCUT2D eigenvalue weighted by atomic mass is 32.2. The molecule has 1 saturated heterocycles. The number of benzene rings is 3. The largest absolute Gasteiger partial charge is 0.494 e. The van der Waals surface area contributed by atoms with E-state index >= 15 is 0 Å². The van der Waals surface area contributed by atoms with Gasteiger partial charge in [-0.2, -0.15) is 4.31 Å². The monoisotopic (exact) mass is 587 g/mol. The van der Waals surface area contributed by atoms with Crippen molar-refractivity contribution in [3.63, 3.8) is 0 Å². The smallest absolute Gasteiger partial charge is 0.264 e. The average molecular weight is 588 g/mol. The minimum Gasteiger partial charge on any atom is -0.494 e. The lowest BCUT2D eigenvalue weighted by molar-refractivity contribution is -0.119. The molecule has 0 saturated carbocycles. The van der Waals surface area contributed by atoms with Crippen molar-refractivity contribution in [3.8, 4) is 11.5 Å². The van der Waals surface area contributed by atoms with Crippen LogP contribution in [0.2, 0.25) is 0 Å². The zero-order valence-electron chi connectivity index (χ0n) is 22.2. The summed E-state index contributed by atoms with van der Waals surface area (Å²) in [5.74, 6) is 0.535. The highest BCUT2D eigenvalue weighted by Gasteiger charge is 2.28. The highest BCUT2D eigenvalue weighted by molar-refractivity contribution is 7.92. The van der Waals surface area contributed by atoms with Gasteiger partial charge in [0.05, 0.1) is 28.6 Å². The van der Waals surface area contributed by atoms with Crippen LogP contribution in [0, 0.1) is 0 Å². The van der Waals surface area contributed by atoms with Crippen LogP contribution in [0.15, 0.2) is 88.7 Å². The molecule has 1 N–H and O–H groups in total. The summed E-state index contributed by atoms with van der Waals surface area (Å²) in [7, 11) is -7.53. The first kappa shape index (κ1) is 29.4. The number of rotatable bonds is 13. The van der Waals surface area contributed by atoms with E-state index in [4.69, 9.17) is 9.47 Å². The Morgan fingerprint density at radius 2 is 1.43 bits per heavy atom. The SMILES string of the molecule is CCOc1ccc(N(CC(=O)NCCOc2ccc(S(=O)(=O)N3CCCC3)cc2)S(=O)(=O)c2ccccc2)cc1. The van der Waals surface area contributed by atoms with Gasteiger partial charge in [-0.3, -0.25) is 9.10 Å². The average Bonchev–Trinajstić information content (AvgIpc) is 3.52. The lowest BCUT2D eigenvalue weighted by Crippen LogP contribution is -2.41. The number of nitrogens with zero attached hydrogens (tertiary/aromatic N) is 2. The Hall–Kier alpha value is -3.61. The van der Waals surface area contributed by atoms with Crippen LogP contribution in [0.5, 0.6) is 11.5 Å². The Labute approximate surface area is 235 Å². The lowest BCUT2D eigenvalue weighted by atomic mass is 10.3. The van der Waals surface area contributed by atoms with Gasteiger partial charge in [-0.05, 0) is 80.4 Å². The van der Waals surface area contributed by atoms with Crippen LogP contribution in [0.4, 0.5) is 5.69 Å². The van der Waals surface area contributed by atoms with Crippen LogP contribution in [0.25, 0.3) is 0 Å². The number of carbonyl (C=O) groups excluding carboxylic acids is 1. The Bertz CT molecular complexity index is 1470. The van der Waals surface area contributed by atoms with Crippen molar-refractivity contribution in [3.05, 3.63) is 78.9 Å². The van der Waals surface area contributed by atoms with Crippen molar-refractivity contribution < 1.29 is 31.1 Å². The number of carbonyl (C=O) groups is 1. The molecular formula is C28H33N3O7S2. The molecule has 4 rings (SSSR count). The van der Waals surface area contributed by atoms with Gasteiger partial charge in [0.2, 0.25) is 15.9 Å². The van der Waals surface area contributed by atoms with Crippen LogP contribution in [0.1, 0.15) is 19.8 Å². The number of sulfonamides is 2. The molecule has 3 aromatic rings. The molecule has 0 aliphatic carbocycles. The van der Waals surface area contributed by atoms with Crippen molar-refractivity contribution in [2.75, 3.05) is 43.7 Å². The summed E-state index contributed by atoms with van der Waals surface area (Å²) in [4.78, 5) is 13.1. The number of amides is 1. The van der Waals surface area contributed by atoms with Gasteiger partial charge in [-0.1, -0.05) is 18.2 Å². The van der Waals surface area contributed by atoms with E-state index in [1.165, 1.54) is 28.6 Å². The van der Waals surface area contributed by atoms with Crippen LogP contribution >= 0.6 is 0 Å². The van der Waals surface area contributed by atoms with Gasteiger partial charge >= 0.3 is 0 Å². The molecule has 1 amide bonds. The fourth-order valence-corrected chi connectivity index (χ4v) is 7.20. The van der Waals surface area contributed by atoms with Gasteiger partial charge in [0, 0.05) is 13.1 Å². The third-order valence-electron chi connectivity index (χ3n) is 6.27. The van der Waals surface area contributed by atoms with Crippen LogP contribution in [-0.2, 0) is 24.8 Å². The molecule has 0 radical (unpaired) electrons. The summed E-state index contributed by atoms with van der Waals surface area (Å²) < 4.78 is 65.8. The Morgan fingerprint density at radius 1 is 0.825 bits per heavy atom. The molecule has 40 heavy (non-hydrogen) atoms. The van der Waals surface area contributed by atoms with E-state index < -0.39 is 32.5 Å². The molecule has 1 aliphatic rings. The first-order chi connectivity index (χ1) is 19.2. The normalized spacial score (nSPS) is 14.0. The summed E-state index contributed by atoms with van der Waals surface area (Å²) >= 11 is 0. The molecule has 1 aliphatic heterocycles. The molecule has 12 heteroatoms. The molecule has 0 bridgehead atoms. The molecule has 0 aromatic heterocycles. The summed E-state index contributed by atoms with van der Waals surface area (Å²) in [6.45, 7) is 3.18. The zero-order chi connectivity index (χ0) is 28.6. The number of hydrogen-bond acceptors (Lipinski definition) is 7. The predicted octanol–water partition coefficient (Wildman–Crippen LogP) is 3.26. The van der Waals surface area contributed by atoms with E-state index in [-0.39, 0.29) is 22.9 Å². The van der Waals surface area contributed by atoms with E-state index in [2.05, 4.69) is 5.32 Å². The topological polar surface area (TPSA) is 122 Å². The molecule has 1 fully saturated rings. The molecule has 0 spiro atoms. The van der Waals surface area contributed by atoms with Gasteiger partial charge in [-0.25, -0.2) is 16.8 Å². The maximum absolute atomic E-state index is 13.4. The number of nitrogens with one attached hydrogen (secondary N) is 1. The highest BCUT2D eigenvalue weighted by Crippen LogP contribution is 2.26. The molecule has 10 nitrogen and oxygen atoms in total. The van der Waals surface area contributed by atoms with Gasteiger partial charge < -0.3 is 14.8 Å². The first-order valence-corrected chi connectivity index (χ1v) is 15.9. The molecule has 214 valence electrons. The lowest BCUT2D eigenvalue weighted by Gasteiger charge is -2.24. The third-order valence-corrected chi connectivity index (χ3v) is 9.97. The van der Waals surface area contributed by atoms with E-state index in [1.54, 1.807) is 54.6 Å². The van der Waals surface area contributed by atoms with Gasteiger partial charge in [0.25, 0.3) is 10.0 Å². The van der Waals surface area contributed by atoms with Crippen LogP contribution in [-0.4, -0.2) is 66.4 Å². The van der Waals surface area contributed by atoms with Crippen LogP contribution in [0.3, 0.4) is 0 Å². The maximum Gasteiger partial charge on any atom is 0.264 e. The first-order valence-electron chi connectivity index (χ1n) is 13.0. The molecule has 0 unspecified atom stereocenters. The minimum atomic E-state index is -4.02. The zero-order valence-corrected chi connectivity index (χ0v) is 23.9. The van der Waals surface area contributed by atoms with Gasteiger partial charge in [0.1, 0.15) is 24.7 Å². The van der Waals surface area contributed by atoms with E-state index in [9.17, 15) is 21.6 Å². The molecule has 1 heterocycles. The fraction of sp³-hybridized carbons (Fsp3) is 0.321. The quantitative estimate of drug-likeness (QED) is 0.305. The summed E-state index contributed by atoms with van der Waals surface area (Å²) in [6, 6.07) is 20.6. The Kier molecular flexibility index (Phi) is 9.67. The maximum atomic E-state index is 13.4. The minimum absolute atomic E-state index is 0.0650. The second-order valence-corrected chi connectivity index (χ2v) is 12.8. The molecular weight excluding hydrogens is 554 g/mol. The van der Waals surface area contributed by atoms with Crippen LogP contribution < -0.4 is 19.1 Å². The van der Waals surface area contributed by atoms with E-state index in [0.29, 0.717) is 36.9 Å². The molecule has 0 atom stereocenters. The van der Waals surface area contributed by atoms with Crippen molar-refractivity contribution in [2.24, 2.45) is 0 Å². The van der Waals surface area contributed by atoms with Crippen molar-refractivity contribution >= 4 is 31.6 Å².